The molecule has 2 atom stereocenters. The molecule has 5 nitrogen and oxygen atoms in total. The Hall–Kier alpha value is -0.500. The van der Waals surface area contributed by atoms with E-state index < -0.39 is 10.0 Å². The first-order valence-electron chi connectivity index (χ1n) is 6.13. The fourth-order valence-corrected chi connectivity index (χ4v) is 5.03. The van der Waals surface area contributed by atoms with Gasteiger partial charge in [-0.1, -0.05) is 13.3 Å². The van der Waals surface area contributed by atoms with Crippen LogP contribution in [-0.2, 0) is 10.0 Å². The standard InChI is InChI=1S/C11H19N3O2S2/c1-3-9-7-14(5-4-10(9)12)18(15,16)11-6-13-8(2)17-11/h6,9-10H,3-5,7,12H2,1-2H3. The minimum absolute atomic E-state index is 0.115. The number of hydrogen-bond acceptors (Lipinski definition) is 5. The number of rotatable bonds is 3. The molecule has 1 aromatic heterocycles. The number of thiazole rings is 1. The van der Waals surface area contributed by atoms with Crippen LogP contribution in [0.3, 0.4) is 0 Å². The molecule has 1 fully saturated rings. The van der Waals surface area contributed by atoms with E-state index in [9.17, 15) is 8.42 Å². The summed E-state index contributed by atoms with van der Waals surface area (Å²) in [6.45, 7) is 4.90. The van der Waals surface area contributed by atoms with Crippen molar-refractivity contribution in [2.45, 2.75) is 36.9 Å². The molecule has 7 heteroatoms. The number of nitrogens with two attached hydrogens (primary N) is 1. The third-order valence-electron chi connectivity index (χ3n) is 3.47. The number of aromatic nitrogens is 1. The number of hydrogen-bond donors (Lipinski definition) is 1. The van der Waals surface area contributed by atoms with Crippen molar-refractivity contribution in [1.29, 1.82) is 0 Å². The Bertz CT molecular complexity index is 512. The molecule has 0 bridgehead atoms. The lowest BCUT2D eigenvalue weighted by atomic mass is 9.92. The van der Waals surface area contributed by atoms with Gasteiger partial charge in [0.15, 0.2) is 4.21 Å². The molecule has 0 spiro atoms. The summed E-state index contributed by atoms with van der Waals surface area (Å²) in [4.78, 5) is 4.02. The van der Waals surface area contributed by atoms with Gasteiger partial charge < -0.3 is 5.73 Å². The average Bonchev–Trinajstić information content (AvgIpc) is 2.77. The normalized spacial score (nSPS) is 26.4. The van der Waals surface area contributed by atoms with Gasteiger partial charge in [0, 0.05) is 19.1 Å². The summed E-state index contributed by atoms with van der Waals surface area (Å²) in [5, 5.41) is 0.773. The Morgan fingerprint density at radius 2 is 2.33 bits per heavy atom. The van der Waals surface area contributed by atoms with E-state index in [0.29, 0.717) is 17.3 Å². The molecule has 0 saturated carbocycles. The van der Waals surface area contributed by atoms with Crippen molar-refractivity contribution >= 4 is 21.4 Å². The van der Waals surface area contributed by atoms with Gasteiger partial charge in [-0.15, -0.1) is 11.3 Å². The predicted molar refractivity (Wildman–Crippen MR) is 72.0 cm³/mol. The monoisotopic (exact) mass is 289 g/mol. The van der Waals surface area contributed by atoms with E-state index in [-0.39, 0.29) is 12.0 Å². The van der Waals surface area contributed by atoms with Crippen LogP contribution in [0.15, 0.2) is 10.4 Å². The molecule has 0 aliphatic carbocycles. The predicted octanol–water partition coefficient (Wildman–Crippen LogP) is 1.20. The molecule has 0 radical (unpaired) electrons. The summed E-state index contributed by atoms with van der Waals surface area (Å²) in [6, 6.07) is 0.115. The molecular weight excluding hydrogens is 270 g/mol. The maximum atomic E-state index is 12.4. The molecule has 2 rings (SSSR count). The number of aryl methyl sites for hydroxylation is 1. The van der Waals surface area contributed by atoms with E-state index in [4.69, 9.17) is 5.73 Å². The quantitative estimate of drug-likeness (QED) is 0.907. The van der Waals surface area contributed by atoms with E-state index in [0.717, 1.165) is 17.8 Å². The van der Waals surface area contributed by atoms with Crippen LogP contribution < -0.4 is 5.73 Å². The first kappa shape index (κ1) is 13.9. The average molecular weight is 289 g/mol. The summed E-state index contributed by atoms with van der Waals surface area (Å²) in [5.74, 6) is 0.252. The first-order chi connectivity index (χ1) is 8.45. The van der Waals surface area contributed by atoms with Gasteiger partial charge in [-0.25, -0.2) is 13.4 Å². The zero-order valence-electron chi connectivity index (χ0n) is 10.7. The van der Waals surface area contributed by atoms with Crippen molar-refractivity contribution in [2.75, 3.05) is 13.1 Å². The maximum Gasteiger partial charge on any atom is 0.254 e. The zero-order valence-corrected chi connectivity index (χ0v) is 12.3. The summed E-state index contributed by atoms with van der Waals surface area (Å²) >= 11 is 1.23. The van der Waals surface area contributed by atoms with Gasteiger partial charge in [-0.3, -0.25) is 0 Å². The lowest BCUT2D eigenvalue weighted by Crippen LogP contribution is -2.48. The molecule has 1 aromatic rings. The smallest absolute Gasteiger partial charge is 0.254 e. The SMILES string of the molecule is CCC1CN(S(=O)(=O)c2cnc(C)s2)CCC1N. The van der Waals surface area contributed by atoms with E-state index in [1.54, 1.807) is 4.31 Å². The molecule has 2 N–H and O–H groups in total. The third kappa shape index (κ3) is 2.59. The van der Waals surface area contributed by atoms with Gasteiger partial charge in [-0.05, 0) is 19.3 Å². The number of sulfonamides is 1. The summed E-state index contributed by atoms with van der Waals surface area (Å²) < 4.78 is 26.7. The lowest BCUT2D eigenvalue weighted by Gasteiger charge is -2.35. The molecule has 2 unspecified atom stereocenters. The molecule has 0 amide bonds. The van der Waals surface area contributed by atoms with Crippen LogP contribution in [0.2, 0.25) is 0 Å². The second-order valence-electron chi connectivity index (χ2n) is 4.68. The topological polar surface area (TPSA) is 76.3 Å². The number of nitrogens with zero attached hydrogens (tertiary/aromatic N) is 2. The number of piperidine rings is 1. The third-order valence-corrected chi connectivity index (χ3v) is 6.69. The van der Waals surface area contributed by atoms with Crippen LogP contribution in [0, 0.1) is 12.8 Å². The first-order valence-corrected chi connectivity index (χ1v) is 8.39. The molecule has 18 heavy (non-hydrogen) atoms. The van der Waals surface area contributed by atoms with Gasteiger partial charge in [-0.2, -0.15) is 4.31 Å². The van der Waals surface area contributed by atoms with Crippen LogP contribution in [0.5, 0.6) is 0 Å². The van der Waals surface area contributed by atoms with Gasteiger partial charge in [0.25, 0.3) is 10.0 Å². The molecule has 2 heterocycles. The molecule has 1 saturated heterocycles. The summed E-state index contributed by atoms with van der Waals surface area (Å²) in [5.41, 5.74) is 6.01. The summed E-state index contributed by atoms with van der Waals surface area (Å²) in [7, 11) is -3.37. The lowest BCUT2D eigenvalue weighted by molar-refractivity contribution is 0.231. The fourth-order valence-electron chi connectivity index (χ4n) is 2.26. The summed E-state index contributed by atoms with van der Waals surface area (Å²) in [6.07, 6.45) is 3.09. The van der Waals surface area contributed by atoms with Crippen molar-refractivity contribution in [3.05, 3.63) is 11.2 Å². The highest BCUT2D eigenvalue weighted by atomic mass is 32.2. The van der Waals surface area contributed by atoms with Crippen LogP contribution >= 0.6 is 11.3 Å². The zero-order chi connectivity index (χ0) is 13.3. The van der Waals surface area contributed by atoms with Crippen molar-refractivity contribution in [2.24, 2.45) is 11.7 Å². The van der Waals surface area contributed by atoms with Crippen LogP contribution in [0.25, 0.3) is 0 Å². The second-order valence-corrected chi connectivity index (χ2v) is 8.08. The minimum atomic E-state index is -3.37. The van der Waals surface area contributed by atoms with Crippen LogP contribution in [-0.4, -0.2) is 36.8 Å². The molecule has 102 valence electrons. The Kier molecular flexibility index (Phi) is 4.05. The van der Waals surface area contributed by atoms with Gasteiger partial charge in [0.2, 0.25) is 0 Å². The minimum Gasteiger partial charge on any atom is -0.327 e. The highest BCUT2D eigenvalue weighted by Crippen LogP contribution is 2.27. The molecular formula is C11H19N3O2S2. The van der Waals surface area contributed by atoms with Gasteiger partial charge in [0.1, 0.15) is 0 Å². The van der Waals surface area contributed by atoms with E-state index in [1.807, 2.05) is 6.92 Å². The fraction of sp³-hybridized carbons (Fsp3) is 0.727. The Labute approximate surface area is 112 Å². The Morgan fingerprint density at radius 1 is 1.61 bits per heavy atom. The van der Waals surface area contributed by atoms with Gasteiger partial charge in [0.05, 0.1) is 11.2 Å². The molecule has 0 aromatic carbocycles. The largest absolute Gasteiger partial charge is 0.327 e. The van der Waals surface area contributed by atoms with Crippen molar-refractivity contribution in [3.8, 4) is 0 Å². The van der Waals surface area contributed by atoms with Crippen molar-refractivity contribution < 1.29 is 8.42 Å². The Balaban J connectivity index is 2.21. The van der Waals surface area contributed by atoms with Crippen molar-refractivity contribution in [1.82, 2.24) is 9.29 Å². The van der Waals surface area contributed by atoms with E-state index in [2.05, 4.69) is 11.9 Å². The van der Waals surface area contributed by atoms with E-state index >= 15 is 0 Å². The van der Waals surface area contributed by atoms with Gasteiger partial charge >= 0.3 is 0 Å². The molecule has 1 aliphatic heterocycles. The maximum absolute atomic E-state index is 12.4. The Morgan fingerprint density at radius 3 is 2.89 bits per heavy atom. The van der Waals surface area contributed by atoms with Crippen LogP contribution in [0.4, 0.5) is 0 Å². The van der Waals surface area contributed by atoms with Crippen LogP contribution in [0.1, 0.15) is 24.8 Å². The second kappa shape index (κ2) is 5.24. The molecule has 1 aliphatic rings. The van der Waals surface area contributed by atoms with Crippen molar-refractivity contribution in [3.63, 3.8) is 0 Å². The van der Waals surface area contributed by atoms with E-state index in [1.165, 1.54) is 17.5 Å². The highest BCUT2D eigenvalue weighted by molar-refractivity contribution is 7.91. The highest BCUT2D eigenvalue weighted by Gasteiger charge is 2.34.